The van der Waals surface area contributed by atoms with E-state index in [9.17, 15) is 14.5 Å². The molecule has 10 heteroatoms. The van der Waals surface area contributed by atoms with Crippen LogP contribution in [0, 0.1) is 15.9 Å². The van der Waals surface area contributed by atoms with E-state index in [1.165, 1.54) is 6.20 Å². The van der Waals surface area contributed by atoms with E-state index in [1.807, 2.05) is 16.7 Å². The first-order chi connectivity index (χ1) is 11.0. The molecule has 1 atom stereocenters. The summed E-state index contributed by atoms with van der Waals surface area (Å²) in [5, 5.41) is 10.6. The molecule has 2 aromatic rings. The Labute approximate surface area is 131 Å². The van der Waals surface area contributed by atoms with Gasteiger partial charge in [0.05, 0.1) is 12.4 Å². The maximum absolute atomic E-state index is 12.9. The van der Waals surface area contributed by atoms with Crippen LogP contribution >= 0.6 is 0 Å². The van der Waals surface area contributed by atoms with Gasteiger partial charge in [-0.15, -0.1) is 0 Å². The number of aromatic nitrogens is 4. The molecule has 9 nitrogen and oxygen atoms in total. The molecule has 0 aliphatic carbocycles. The predicted octanol–water partition coefficient (Wildman–Crippen LogP) is 1.03. The average molecular weight is 319 g/mol. The van der Waals surface area contributed by atoms with E-state index in [4.69, 9.17) is 0 Å². The first-order valence-electron chi connectivity index (χ1n) is 7.00. The number of hydrogen-bond donors (Lipinski definition) is 0. The van der Waals surface area contributed by atoms with E-state index in [0.717, 1.165) is 18.6 Å². The number of halogens is 1. The summed E-state index contributed by atoms with van der Waals surface area (Å²) in [4.78, 5) is 29.9. The second-order valence-electron chi connectivity index (χ2n) is 5.18. The van der Waals surface area contributed by atoms with Gasteiger partial charge in [-0.3, -0.25) is 0 Å². The summed E-state index contributed by atoms with van der Waals surface area (Å²) in [5.41, 5.74) is 0. The topological polar surface area (TPSA) is 101 Å². The summed E-state index contributed by atoms with van der Waals surface area (Å²) in [6, 6.07) is 0.0770. The zero-order valence-corrected chi connectivity index (χ0v) is 12.3. The Balaban J connectivity index is 1.71. The summed E-state index contributed by atoms with van der Waals surface area (Å²) < 4.78 is 12.9. The summed E-state index contributed by atoms with van der Waals surface area (Å²) in [5.74, 6) is 0.316. The third kappa shape index (κ3) is 3.15. The first-order valence-corrected chi connectivity index (χ1v) is 7.00. The van der Waals surface area contributed by atoms with Crippen LogP contribution < -0.4 is 9.80 Å². The number of rotatable bonds is 3. The van der Waals surface area contributed by atoms with Crippen molar-refractivity contribution in [1.29, 1.82) is 0 Å². The van der Waals surface area contributed by atoms with Crippen LogP contribution in [-0.2, 0) is 0 Å². The van der Waals surface area contributed by atoms with Crippen molar-refractivity contribution in [2.45, 2.75) is 13.0 Å². The van der Waals surface area contributed by atoms with Crippen LogP contribution in [0.4, 0.5) is 22.0 Å². The molecule has 0 N–H and O–H groups in total. The fourth-order valence-corrected chi connectivity index (χ4v) is 2.51. The van der Waals surface area contributed by atoms with E-state index in [2.05, 4.69) is 19.9 Å². The van der Waals surface area contributed by atoms with Gasteiger partial charge in [-0.1, -0.05) is 0 Å². The maximum Gasteiger partial charge on any atom is 0.382 e. The molecule has 0 bridgehead atoms. The first kappa shape index (κ1) is 15.0. The van der Waals surface area contributed by atoms with E-state index in [0.29, 0.717) is 31.4 Å². The molecule has 1 saturated heterocycles. The quantitative estimate of drug-likeness (QED) is 0.610. The highest BCUT2D eigenvalue weighted by molar-refractivity contribution is 5.43. The SMILES string of the molecule is C[C@H]1CN(c2ncc(F)cn2)CCN1c1cnc([N+](=O)[O-])cn1. The molecule has 0 radical (unpaired) electrons. The zero-order valence-electron chi connectivity index (χ0n) is 12.3. The Morgan fingerprint density at radius 3 is 2.48 bits per heavy atom. The highest BCUT2D eigenvalue weighted by Crippen LogP contribution is 2.20. The lowest BCUT2D eigenvalue weighted by Crippen LogP contribution is -2.53. The largest absolute Gasteiger partial charge is 0.382 e. The third-order valence-electron chi connectivity index (χ3n) is 3.62. The highest BCUT2D eigenvalue weighted by Gasteiger charge is 2.27. The molecule has 0 aromatic carbocycles. The van der Waals surface area contributed by atoms with Gasteiger partial charge in [0.15, 0.2) is 17.8 Å². The van der Waals surface area contributed by atoms with E-state index in [1.54, 1.807) is 0 Å². The molecule has 1 aliphatic rings. The molecule has 1 fully saturated rings. The minimum Gasteiger partial charge on any atom is -0.358 e. The van der Waals surface area contributed by atoms with E-state index >= 15 is 0 Å². The van der Waals surface area contributed by atoms with Crippen LogP contribution in [0.2, 0.25) is 0 Å². The smallest absolute Gasteiger partial charge is 0.358 e. The monoisotopic (exact) mass is 319 g/mol. The van der Waals surface area contributed by atoms with Crippen LogP contribution in [0.15, 0.2) is 24.8 Å². The van der Waals surface area contributed by atoms with Gasteiger partial charge in [-0.05, 0) is 16.8 Å². The van der Waals surface area contributed by atoms with Crippen LogP contribution in [0.25, 0.3) is 0 Å². The lowest BCUT2D eigenvalue weighted by Gasteiger charge is -2.39. The van der Waals surface area contributed by atoms with Crippen molar-refractivity contribution >= 4 is 17.6 Å². The maximum atomic E-state index is 12.9. The highest BCUT2D eigenvalue weighted by atomic mass is 19.1. The molecule has 120 valence electrons. The Bertz CT molecular complexity index is 694. The van der Waals surface area contributed by atoms with Gasteiger partial charge in [0, 0.05) is 25.7 Å². The second kappa shape index (κ2) is 6.07. The van der Waals surface area contributed by atoms with Crippen LogP contribution in [0.1, 0.15) is 6.92 Å². The molecule has 3 rings (SSSR count). The van der Waals surface area contributed by atoms with E-state index in [-0.39, 0.29) is 11.9 Å². The fourth-order valence-electron chi connectivity index (χ4n) is 2.51. The molecule has 3 heterocycles. The molecule has 23 heavy (non-hydrogen) atoms. The van der Waals surface area contributed by atoms with Gasteiger partial charge in [0.2, 0.25) is 5.95 Å². The van der Waals surface area contributed by atoms with Gasteiger partial charge in [-0.25, -0.2) is 19.3 Å². The Kier molecular flexibility index (Phi) is 3.96. The predicted molar refractivity (Wildman–Crippen MR) is 79.7 cm³/mol. The lowest BCUT2D eigenvalue weighted by molar-refractivity contribution is -0.389. The summed E-state index contributed by atoms with van der Waals surface area (Å²) in [6.45, 7) is 3.89. The number of nitro groups is 1. The lowest BCUT2D eigenvalue weighted by atomic mass is 10.2. The van der Waals surface area contributed by atoms with Crippen molar-refractivity contribution in [1.82, 2.24) is 19.9 Å². The number of nitrogens with zero attached hydrogens (tertiary/aromatic N) is 7. The zero-order chi connectivity index (χ0) is 16.4. The minimum atomic E-state index is -0.579. The van der Waals surface area contributed by atoms with Gasteiger partial charge < -0.3 is 19.9 Å². The Morgan fingerprint density at radius 1 is 1.17 bits per heavy atom. The van der Waals surface area contributed by atoms with Crippen molar-refractivity contribution in [3.63, 3.8) is 0 Å². The van der Waals surface area contributed by atoms with Crippen molar-refractivity contribution in [3.8, 4) is 0 Å². The molecule has 0 unspecified atom stereocenters. The van der Waals surface area contributed by atoms with Crippen LogP contribution in [0.5, 0.6) is 0 Å². The van der Waals surface area contributed by atoms with Gasteiger partial charge in [-0.2, -0.15) is 0 Å². The number of anilines is 2. The van der Waals surface area contributed by atoms with Crippen LogP contribution in [-0.4, -0.2) is 50.5 Å². The summed E-state index contributed by atoms with van der Waals surface area (Å²) >= 11 is 0. The average Bonchev–Trinajstić information content (AvgIpc) is 2.55. The molecule has 0 saturated carbocycles. The standard InChI is InChI=1S/C13H14FN7O2/c1-9-8-19(13-17-4-10(14)5-18-13)2-3-20(9)11-6-16-12(7-15-11)21(22)23/h4-7,9H,2-3,8H2,1H3/t9-/m0/s1. The molecular weight excluding hydrogens is 305 g/mol. The van der Waals surface area contributed by atoms with Crippen molar-refractivity contribution in [3.05, 3.63) is 40.7 Å². The molecular formula is C13H14FN7O2. The Hall–Kier alpha value is -2.91. The van der Waals surface area contributed by atoms with E-state index < -0.39 is 10.7 Å². The number of piperazine rings is 1. The summed E-state index contributed by atoms with van der Waals surface area (Å²) in [6.07, 6.45) is 4.83. The summed E-state index contributed by atoms with van der Waals surface area (Å²) in [7, 11) is 0. The van der Waals surface area contributed by atoms with Crippen molar-refractivity contribution in [2.75, 3.05) is 29.4 Å². The van der Waals surface area contributed by atoms with Crippen molar-refractivity contribution < 1.29 is 9.31 Å². The van der Waals surface area contributed by atoms with Crippen LogP contribution in [0.3, 0.4) is 0 Å². The molecule has 1 aliphatic heterocycles. The van der Waals surface area contributed by atoms with Gasteiger partial charge >= 0.3 is 5.82 Å². The van der Waals surface area contributed by atoms with Gasteiger partial charge in [0.1, 0.15) is 6.20 Å². The minimum absolute atomic E-state index is 0.0770. The molecule has 2 aromatic heterocycles. The second-order valence-corrected chi connectivity index (χ2v) is 5.18. The third-order valence-corrected chi connectivity index (χ3v) is 3.62. The van der Waals surface area contributed by atoms with Gasteiger partial charge in [0.25, 0.3) is 0 Å². The fraction of sp³-hybridized carbons (Fsp3) is 0.385. The normalized spacial score (nSPS) is 18.1. The molecule has 0 spiro atoms. The molecule has 0 amide bonds. The van der Waals surface area contributed by atoms with Crippen molar-refractivity contribution in [2.24, 2.45) is 0 Å². The number of hydrogen-bond acceptors (Lipinski definition) is 8. The Morgan fingerprint density at radius 2 is 1.91 bits per heavy atom.